The van der Waals surface area contributed by atoms with E-state index in [-0.39, 0.29) is 18.2 Å². The number of carboxylic acids is 1. The predicted molar refractivity (Wildman–Crippen MR) is 55.6 cm³/mol. The average molecular weight is 228 g/mol. The van der Waals surface area contributed by atoms with E-state index in [2.05, 4.69) is 10.6 Å². The van der Waals surface area contributed by atoms with Gasteiger partial charge in [-0.25, -0.2) is 0 Å². The Kier molecular flexibility index (Phi) is 3.51. The highest BCUT2D eigenvalue weighted by Gasteiger charge is 2.31. The van der Waals surface area contributed by atoms with Crippen LogP contribution in [0.3, 0.4) is 0 Å². The minimum atomic E-state index is -0.972. The molecule has 1 aliphatic heterocycles. The molecule has 1 fully saturated rings. The zero-order chi connectivity index (χ0) is 12.3. The average Bonchev–Trinajstić information content (AvgIpc) is 2.47. The number of carbonyl (C=O) groups excluding carboxylic acids is 2. The molecule has 0 aromatic heterocycles. The van der Waals surface area contributed by atoms with Crippen LogP contribution in [0.4, 0.5) is 0 Å². The van der Waals surface area contributed by atoms with Gasteiger partial charge in [0, 0.05) is 12.0 Å². The maximum Gasteiger partial charge on any atom is 0.305 e. The van der Waals surface area contributed by atoms with Gasteiger partial charge in [0.05, 0.1) is 6.42 Å². The van der Waals surface area contributed by atoms with Gasteiger partial charge in [0.2, 0.25) is 11.8 Å². The Morgan fingerprint density at radius 3 is 2.62 bits per heavy atom. The second kappa shape index (κ2) is 4.51. The maximum atomic E-state index is 11.7. The Morgan fingerprint density at radius 2 is 2.19 bits per heavy atom. The molecule has 0 aromatic rings. The van der Waals surface area contributed by atoms with Gasteiger partial charge >= 0.3 is 5.97 Å². The second-order valence-electron chi connectivity index (χ2n) is 4.60. The fraction of sp³-hybridized carbons (Fsp3) is 0.700. The summed E-state index contributed by atoms with van der Waals surface area (Å²) in [6, 6.07) is -0.527. The lowest BCUT2D eigenvalue weighted by molar-refractivity contribution is -0.139. The van der Waals surface area contributed by atoms with Crippen LogP contribution in [0.5, 0.6) is 0 Å². The van der Waals surface area contributed by atoms with Crippen molar-refractivity contribution in [3.63, 3.8) is 0 Å². The van der Waals surface area contributed by atoms with Crippen LogP contribution in [0.1, 0.15) is 33.1 Å². The Hall–Kier alpha value is -1.59. The highest BCUT2D eigenvalue weighted by atomic mass is 16.4. The fourth-order valence-electron chi connectivity index (χ4n) is 1.65. The quantitative estimate of drug-likeness (QED) is 0.612. The van der Waals surface area contributed by atoms with Gasteiger partial charge in [-0.1, -0.05) is 0 Å². The molecule has 0 radical (unpaired) electrons. The molecular weight excluding hydrogens is 212 g/mol. The van der Waals surface area contributed by atoms with Crippen molar-refractivity contribution < 1.29 is 19.5 Å². The van der Waals surface area contributed by atoms with E-state index in [0.717, 1.165) is 0 Å². The van der Waals surface area contributed by atoms with Crippen LogP contribution < -0.4 is 10.6 Å². The molecule has 0 saturated carbocycles. The van der Waals surface area contributed by atoms with E-state index in [4.69, 9.17) is 5.11 Å². The molecule has 16 heavy (non-hydrogen) atoms. The SMILES string of the molecule is CC(C)(CC(=O)O)NC(=O)[C@@H]1CCC(=O)N1. The molecule has 1 rings (SSSR count). The Labute approximate surface area is 93.4 Å². The molecule has 3 N–H and O–H groups in total. The summed E-state index contributed by atoms with van der Waals surface area (Å²) in [7, 11) is 0. The summed E-state index contributed by atoms with van der Waals surface area (Å²) >= 11 is 0. The third-order valence-electron chi connectivity index (χ3n) is 2.37. The van der Waals surface area contributed by atoms with E-state index in [1.807, 2.05) is 0 Å². The summed E-state index contributed by atoms with van der Waals surface area (Å²) in [5.74, 6) is -1.44. The van der Waals surface area contributed by atoms with Gasteiger partial charge in [-0.05, 0) is 20.3 Å². The van der Waals surface area contributed by atoms with Crippen molar-refractivity contribution in [3.8, 4) is 0 Å². The lowest BCUT2D eigenvalue weighted by Gasteiger charge is -2.26. The maximum absolute atomic E-state index is 11.7. The van der Waals surface area contributed by atoms with Gasteiger partial charge in [0.25, 0.3) is 0 Å². The highest BCUT2D eigenvalue weighted by molar-refractivity contribution is 5.91. The van der Waals surface area contributed by atoms with Crippen LogP contribution in [-0.4, -0.2) is 34.5 Å². The standard InChI is InChI=1S/C10H16N2O4/c1-10(2,5-8(14)15)12-9(16)6-3-4-7(13)11-6/h6H,3-5H2,1-2H3,(H,11,13)(H,12,16)(H,14,15)/t6-/m0/s1. The first kappa shape index (κ1) is 12.5. The van der Waals surface area contributed by atoms with Gasteiger partial charge in [0.15, 0.2) is 0 Å². The van der Waals surface area contributed by atoms with Crippen LogP contribution in [0.15, 0.2) is 0 Å². The Bertz CT molecular complexity index is 325. The largest absolute Gasteiger partial charge is 0.481 e. The summed E-state index contributed by atoms with van der Waals surface area (Å²) in [6.45, 7) is 3.27. The minimum Gasteiger partial charge on any atom is -0.481 e. The minimum absolute atomic E-state index is 0.142. The summed E-state index contributed by atoms with van der Waals surface area (Å²) in [4.78, 5) is 33.1. The zero-order valence-electron chi connectivity index (χ0n) is 9.37. The van der Waals surface area contributed by atoms with Crippen molar-refractivity contribution in [2.75, 3.05) is 0 Å². The van der Waals surface area contributed by atoms with Gasteiger partial charge in [0.1, 0.15) is 6.04 Å². The smallest absolute Gasteiger partial charge is 0.305 e. The van der Waals surface area contributed by atoms with Crippen molar-refractivity contribution in [3.05, 3.63) is 0 Å². The van der Waals surface area contributed by atoms with Crippen molar-refractivity contribution in [2.45, 2.75) is 44.7 Å². The monoisotopic (exact) mass is 228 g/mol. The van der Waals surface area contributed by atoms with Crippen molar-refractivity contribution in [2.24, 2.45) is 0 Å². The molecule has 1 atom stereocenters. The number of nitrogens with one attached hydrogen (secondary N) is 2. The number of hydrogen-bond acceptors (Lipinski definition) is 3. The molecule has 90 valence electrons. The molecule has 0 bridgehead atoms. The molecule has 0 aromatic carbocycles. The van der Waals surface area contributed by atoms with E-state index in [9.17, 15) is 14.4 Å². The first-order chi connectivity index (χ1) is 7.30. The molecule has 0 unspecified atom stereocenters. The Morgan fingerprint density at radius 1 is 1.56 bits per heavy atom. The predicted octanol–water partition coefficient (Wildman–Crippen LogP) is -0.365. The van der Waals surface area contributed by atoms with E-state index >= 15 is 0 Å². The fourth-order valence-corrected chi connectivity index (χ4v) is 1.65. The number of aliphatic carboxylic acids is 1. The van der Waals surface area contributed by atoms with Gasteiger partial charge < -0.3 is 15.7 Å². The molecule has 0 spiro atoms. The molecule has 6 nitrogen and oxygen atoms in total. The van der Waals surface area contributed by atoms with E-state index in [1.165, 1.54) is 0 Å². The van der Waals surface area contributed by atoms with Crippen LogP contribution >= 0.6 is 0 Å². The van der Waals surface area contributed by atoms with Crippen LogP contribution in [0.25, 0.3) is 0 Å². The topological polar surface area (TPSA) is 95.5 Å². The molecule has 2 amide bonds. The van der Waals surface area contributed by atoms with Gasteiger partial charge in [-0.15, -0.1) is 0 Å². The summed E-state index contributed by atoms with van der Waals surface area (Å²) < 4.78 is 0. The summed E-state index contributed by atoms with van der Waals surface area (Å²) in [5.41, 5.74) is -0.809. The van der Waals surface area contributed by atoms with E-state index in [1.54, 1.807) is 13.8 Å². The summed E-state index contributed by atoms with van der Waals surface area (Å²) in [6.07, 6.45) is 0.657. The van der Waals surface area contributed by atoms with Crippen LogP contribution in [0.2, 0.25) is 0 Å². The lowest BCUT2D eigenvalue weighted by atomic mass is 10.00. The number of carbonyl (C=O) groups is 3. The van der Waals surface area contributed by atoms with Crippen molar-refractivity contribution in [1.29, 1.82) is 0 Å². The molecule has 6 heteroatoms. The molecule has 1 heterocycles. The third-order valence-corrected chi connectivity index (χ3v) is 2.37. The van der Waals surface area contributed by atoms with E-state index in [0.29, 0.717) is 12.8 Å². The first-order valence-corrected chi connectivity index (χ1v) is 5.13. The van der Waals surface area contributed by atoms with Crippen LogP contribution in [-0.2, 0) is 14.4 Å². The first-order valence-electron chi connectivity index (χ1n) is 5.13. The molecular formula is C10H16N2O4. The molecule has 0 aliphatic carbocycles. The number of rotatable bonds is 4. The van der Waals surface area contributed by atoms with Gasteiger partial charge in [-0.2, -0.15) is 0 Å². The Balaban J connectivity index is 2.50. The summed E-state index contributed by atoms with van der Waals surface area (Å²) in [5, 5.41) is 13.8. The van der Waals surface area contributed by atoms with Gasteiger partial charge in [-0.3, -0.25) is 14.4 Å². The van der Waals surface area contributed by atoms with E-state index < -0.39 is 17.6 Å². The van der Waals surface area contributed by atoms with Crippen LogP contribution in [0, 0.1) is 0 Å². The van der Waals surface area contributed by atoms with Crippen molar-refractivity contribution >= 4 is 17.8 Å². The molecule has 1 saturated heterocycles. The normalized spacial score (nSPS) is 20.4. The second-order valence-corrected chi connectivity index (χ2v) is 4.60. The zero-order valence-corrected chi connectivity index (χ0v) is 9.37. The molecule has 1 aliphatic rings. The number of carboxylic acid groups (broad SMARTS) is 1. The van der Waals surface area contributed by atoms with Crippen molar-refractivity contribution in [1.82, 2.24) is 10.6 Å². The highest BCUT2D eigenvalue weighted by Crippen LogP contribution is 2.12. The third kappa shape index (κ3) is 3.52. The number of hydrogen-bond donors (Lipinski definition) is 3. The lowest BCUT2D eigenvalue weighted by Crippen LogP contribution is -2.51. The number of amides is 2.